The van der Waals surface area contributed by atoms with Crippen LogP contribution in [-0.2, 0) is 4.79 Å². The highest BCUT2D eigenvalue weighted by Crippen LogP contribution is 2.19. The van der Waals surface area contributed by atoms with Crippen LogP contribution in [0.2, 0.25) is 5.02 Å². The van der Waals surface area contributed by atoms with Gasteiger partial charge < -0.3 is 10.6 Å². The summed E-state index contributed by atoms with van der Waals surface area (Å²) in [6, 6.07) is 4.42. The Hall–Kier alpha value is -0.820. The normalized spacial score (nSPS) is 11.8. The summed E-state index contributed by atoms with van der Waals surface area (Å²) in [5.41, 5.74) is 0.436. The summed E-state index contributed by atoms with van der Waals surface area (Å²) in [7, 11) is 1.52. The van der Waals surface area contributed by atoms with Crippen LogP contribution in [0.3, 0.4) is 0 Å². The van der Waals surface area contributed by atoms with Crippen molar-refractivity contribution >= 4 is 46.0 Å². The van der Waals surface area contributed by atoms with Gasteiger partial charge in [0, 0.05) is 16.2 Å². The van der Waals surface area contributed by atoms with Crippen LogP contribution in [-0.4, -0.2) is 24.9 Å². The third-order valence-corrected chi connectivity index (χ3v) is 3.74. The van der Waals surface area contributed by atoms with E-state index < -0.39 is 6.04 Å². The van der Waals surface area contributed by atoms with Gasteiger partial charge in [0.25, 0.3) is 5.91 Å². The van der Waals surface area contributed by atoms with Crippen molar-refractivity contribution in [2.45, 2.75) is 13.0 Å². The second-order valence-electron chi connectivity index (χ2n) is 3.44. The Morgan fingerprint density at radius 1 is 1.41 bits per heavy atom. The third kappa shape index (κ3) is 3.85. The van der Waals surface area contributed by atoms with Gasteiger partial charge in [-0.05, 0) is 47.7 Å². The second-order valence-corrected chi connectivity index (χ2v) is 5.01. The Kier molecular flexibility index (Phi) is 5.20. The molecule has 0 radical (unpaired) electrons. The monoisotopic (exact) mass is 366 g/mol. The van der Waals surface area contributed by atoms with Crippen molar-refractivity contribution in [1.82, 2.24) is 10.6 Å². The standard InChI is InChI=1S/C11H12ClIN2O2/c1-6(10(16)14-2)15-11(17)7-3-4-9(13)8(12)5-7/h3-6H,1-2H3,(H,14,16)(H,15,17). The minimum Gasteiger partial charge on any atom is -0.357 e. The van der Waals surface area contributed by atoms with Crippen LogP contribution in [0.5, 0.6) is 0 Å². The summed E-state index contributed by atoms with van der Waals surface area (Å²) in [6.07, 6.45) is 0. The van der Waals surface area contributed by atoms with Crippen molar-refractivity contribution in [3.8, 4) is 0 Å². The average Bonchev–Trinajstić information content (AvgIpc) is 2.31. The van der Waals surface area contributed by atoms with Crippen molar-refractivity contribution < 1.29 is 9.59 Å². The Labute approximate surface area is 118 Å². The summed E-state index contributed by atoms with van der Waals surface area (Å²) in [5.74, 6) is -0.561. The number of rotatable bonds is 3. The first-order chi connectivity index (χ1) is 7.95. The third-order valence-electron chi connectivity index (χ3n) is 2.17. The van der Waals surface area contributed by atoms with Crippen LogP contribution in [0.15, 0.2) is 18.2 Å². The molecular formula is C11H12ClIN2O2. The quantitative estimate of drug-likeness (QED) is 0.802. The van der Waals surface area contributed by atoms with E-state index in [2.05, 4.69) is 33.2 Å². The molecule has 0 fully saturated rings. The Bertz CT molecular complexity index is 451. The van der Waals surface area contributed by atoms with Crippen LogP contribution < -0.4 is 10.6 Å². The SMILES string of the molecule is CNC(=O)C(C)NC(=O)c1ccc(I)c(Cl)c1. The summed E-state index contributed by atoms with van der Waals surface area (Å²) in [5, 5.41) is 5.56. The summed E-state index contributed by atoms with van der Waals surface area (Å²) in [4.78, 5) is 23.0. The Morgan fingerprint density at radius 2 is 2.06 bits per heavy atom. The molecule has 0 spiro atoms. The van der Waals surface area contributed by atoms with E-state index in [1.807, 2.05) is 0 Å². The molecule has 17 heavy (non-hydrogen) atoms. The summed E-state index contributed by atoms with van der Waals surface area (Å²) < 4.78 is 0.875. The predicted molar refractivity (Wildman–Crippen MR) is 75.2 cm³/mol. The lowest BCUT2D eigenvalue weighted by Crippen LogP contribution is -2.43. The molecule has 0 bridgehead atoms. The van der Waals surface area contributed by atoms with Gasteiger partial charge in [-0.15, -0.1) is 0 Å². The first kappa shape index (κ1) is 14.2. The molecule has 0 aliphatic heterocycles. The fraction of sp³-hybridized carbons (Fsp3) is 0.273. The molecule has 0 aliphatic rings. The highest BCUT2D eigenvalue weighted by atomic mass is 127. The van der Waals surface area contributed by atoms with Crippen molar-refractivity contribution in [3.63, 3.8) is 0 Å². The minimum absolute atomic E-state index is 0.241. The molecule has 92 valence electrons. The molecule has 0 heterocycles. The molecule has 0 aromatic heterocycles. The van der Waals surface area contributed by atoms with Gasteiger partial charge in [0.05, 0.1) is 5.02 Å². The number of halogens is 2. The average molecular weight is 367 g/mol. The van der Waals surface area contributed by atoms with E-state index in [1.165, 1.54) is 7.05 Å². The molecule has 1 atom stereocenters. The fourth-order valence-corrected chi connectivity index (χ4v) is 1.72. The molecule has 0 saturated carbocycles. The van der Waals surface area contributed by atoms with E-state index in [-0.39, 0.29) is 11.8 Å². The largest absolute Gasteiger partial charge is 0.357 e. The number of amides is 2. The van der Waals surface area contributed by atoms with Gasteiger partial charge in [0.15, 0.2) is 0 Å². The Balaban J connectivity index is 2.76. The summed E-state index contributed by atoms with van der Waals surface area (Å²) in [6.45, 7) is 1.62. The molecule has 1 aromatic rings. The number of hydrogen-bond donors (Lipinski definition) is 2. The lowest BCUT2D eigenvalue weighted by atomic mass is 10.2. The molecule has 1 rings (SSSR count). The first-order valence-electron chi connectivity index (χ1n) is 4.93. The molecule has 2 amide bonds. The fourth-order valence-electron chi connectivity index (χ4n) is 1.20. The van der Waals surface area contributed by atoms with Gasteiger partial charge in [-0.3, -0.25) is 9.59 Å². The lowest BCUT2D eigenvalue weighted by Gasteiger charge is -2.12. The zero-order valence-corrected chi connectivity index (χ0v) is 12.3. The van der Waals surface area contributed by atoms with Crippen molar-refractivity contribution in [2.75, 3.05) is 7.05 Å². The molecule has 0 saturated heterocycles. The van der Waals surface area contributed by atoms with Crippen molar-refractivity contribution in [1.29, 1.82) is 0 Å². The highest BCUT2D eigenvalue weighted by molar-refractivity contribution is 14.1. The summed E-state index contributed by atoms with van der Waals surface area (Å²) >= 11 is 8.00. The van der Waals surface area contributed by atoms with Crippen LogP contribution >= 0.6 is 34.2 Å². The lowest BCUT2D eigenvalue weighted by molar-refractivity contribution is -0.122. The molecule has 2 N–H and O–H groups in total. The van der Waals surface area contributed by atoms with Gasteiger partial charge in [0.1, 0.15) is 6.04 Å². The molecule has 0 aliphatic carbocycles. The number of carbonyl (C=O) groups excluding carboxylic acids is 2. The highest BCUT2D eigenvalue weighted by Gasteiger charge is 2.15. The van der Waals surface area contributed by atoms with Crippen LogP contribution in [0.4, 0.5) is 0 Å². The molecule has 6 heteroatoms. The zero-order valence-electron chi connectivity index (χ0n) is 9.38. The maximum absolute atomic E-state index is 11.8. The molecular weight excluding hydrogens is 354 g/mol. The Morgan fingerprint density at radius 3 is 2.59 bits per heavy atom. The van der Waals surface area contributed by atoms with Gasteiger partial charge >= 0.3 is 0 Å². The molecule has 4 nitrogen and oxygen atoms in total. The zero-order chi connectivity index (χ0) is 13.0. The number of hydrogen-bond acceptors (Lipinski definition) is 2. The van der Waals surface area contributed by atoms with E-state index >= 15 is 0 Å². The van der Waals surface area contributed by atoms with Crippen LogP contribution in [0, 0.1) is 3.57 Å². The molecule has 1 aromatic carbocycles. The van der Waals surface area contributed by atoms with E-state index in [9.17, 15) is 9.59 Å². The first-order valence-corrected chi connectivity index (χ1v) is 6.39. The van der Waals surface area contributed by atoms with Gasteiger partial charge in [-0.25, -0.2) is 0 Å². The van der Waals surface area contributed by atoms with E-state index in [0.29, 0.717) is 10.6 Å². The van der Waals surface area contributed by atoms with Gasteiger partial charge in [-0.1, -0.05) is 11.6 Å². The van der Waals surface area contributed by atoms with E-state index in [1.54, 1.807) is 25.1 Å². The topological polar surface area (TPSA) is 58.2 Å². The predicted octanol–water partition coefficient (Wildman–Crippen LogP) is 1.81. The maximum atomic E-state index is 11.8. The minimum atomic E-state index is -0.578. The van der Waals surface area contributed by atoms with Crippen molar-refractivity contribution in [2.24, 2.45) is 0 Å². The number of likely N-dealkylation sites (N-methyl/N-ethyl adjacent to an activating group) is 1. The van der Waals surface area contributed by atoms with E-state index in [4.69, 9.17) is 11.6 Å². The molecule has 1 unspecified atom stereocenters. The van der Waals surface area contributed by atoms with Crippen LogP contribution in [0.1, 0.15) is 17.3 Å². The van der Waals surface area contributed by atoms with Crippen molar-refractivity contribution in [3.05, 3.63) is 32.4 Å². The van der Waals surface area contributed by atoms with Gasteiger partial charge in [0.2, 0.25) is 5.91 Å². The number of nitrogens with one attached hydrogen (secondary N) is 2. The number of benzene rings is 1. The smallest absolute Gasteiger partial charge is 0.251 e. The maximum Gasteiger partial charge on any atom is 0.251 e. The van der Waals surface area contributed by atoms with Gasteiger partial charge in [-0.2, -0.15) is 0 Å². The number of carbonyl (C=O) groups is 2. The van der Waals surface area contributed by atoms with Crippen LogP contribution in [0.25, 0.3) is 0 Å². The van der Waals surface area contributed by atoms with E-state index in [0.717, 1.165) is 3.57 Å². The second kappa shape index (κ2) is 6.20.